The SMILES string of the molecule is NC(=O)NC(Cc1ccccc1)C(=O)NNC(=O)c1cc(-c2ccccc2)n[nH]1. The maximum atomic E-state index is 12.4. The number of H-pyrrole nitrogens is 1. The average molecular weight is 392 g/mol. The second kappa shape index (κ2) is 9.18. The summed E-state index contributed by atoms with van der Waals surface area (Å²) in [6.45, 7) is 0. The average Bonchev–Trinajstić information content (AvgIpc) is 3.23. The number of hydrogen-bond donors (Lipinski definition) is 5. The predicted octanol–water partition coefficient (Wildman–Crippen LogP) is 1.12. The number of nitrogens with two attached hydrogens (primary N) is 1. The van der Waals surface area contributed by atoms with Gasteiger partial charge in [0.15, 0.2) is 0 Å². The van der Waals surface area contributed by atoms with E-state index in [0.717, 1.165) is 11.1 Å². The zero-order valence-electron chi connectivity index (χ0n) is 15.4. The summed E-state index contributed by atoms with van der Waals surface area (Å²) in [4.78, 5) is 35.9. The molecule has 0 bridgehead atoms. The van der Waals surface area contributed by atoms with Gasteiger partial charge < -0.3 is 11.1 Å². The molecule has 9 heteroatoms. The summed E-state index contributed by atoms with van der Waals surface area (Å²) < 4.78 is 0. The smallest absolute Gasteiger partial charge is 0.312 e. The van der Waals surface area contributed by atoms with Gasteiger partial charge in [-0.25, -0.2) is 4.79 Å². The quantitative estimate of drug-likeness (QED) is 0.401. The van der Waals surface area contributed by atoms with Gasteiger partial charge in [-0.3, -0.25) is 25.5 Å². The van der Waals surface area contributed by atoms with Crippen molar-refractivity contribution in [2.24, 2.45) is 5.73 Å². The second-order valence-electron chi connectivity index (χ2n) is 6.23. The number of benzene rings is 2. The number of rotatable bonds is 6. The molecule has 1 atom stereocenters. The van der Waals surface area contributed by atoms with E-state index in [1.807, 2.05) is 60.7 Å². The lowest BCUT2D eigenvalue weighted by Gasteiger charge is -2.17. The Morgan fingerprint density at radius 2 is 1.62 bits per heavy atom. The predicted molar refractivity (Wildman–Crippen MR) is 106 cm³/mol. The third-order valence-electron chi connectivity index (χ3n) is 4.11. The molecule has 0 saturated heterocycles. The summed E-state index contributed by atoms with van der Waals surface area (Å²) in [6, 6.07) is 18.2. The summed E-state index contributed by atoms with van der Waals surface area (Å²) in [6.07, 6.45) is 0.216. The summed E-state index contributed by atoms with van der Waals surface area (Å²) in [5.74, 6) is -1.19. The number of carbonyl (C=O) groups is 3. The minimum atomic E-state index is -0.947. The van der Waals surface area contributed by atoms with Gasteiger partial charge >= 0.3 is 6.03 Å². The van der Waals surface area contributed by atoms with Crippen molar-refractivity contribution in [3.05, 3.63) is 78.0 Å². The van der Waals surface area contributed by atoms with Crippen molar-refractivity contribution in [2.75, 3.05) is 0 Å². The Hall–Kier alpha value is -4.14. The normalized spacial score (nSPS) is 11.3. The fraction of sp³-hybridized carbons (Fsp3) is 0.100. The number of aromatic nitrogens is 2. The first kappa shape index (κ1) is 19.6. The number of aromatic amines is 1. The molecule has 4 amide bonds. The number of urea groups is 1. The van der Waals surface area contributed by atoms with Gasteiger partial charge in [-0.15, -0.1) is 0 Å². The van der Waals surface area contributed by atoms with Crippen LogP contribution in [0.1, 0.15) is 16.1 Å². The molecule has 1 aromatic heterocycles. The first-order valence-corrected chi connectivity index (χ1v) is 8.84. The summed E-state index contributed by atoms with van der Waals surface area (Å²) in [5, 5.41) is 9.09. The molecule has 148 valence electrons. The molecule has 0 saturated carbocycles. The molecular formula is C20H20N6O3. The maximum absolute atomic E-state index is 12.4. The number of nitrogens with zero attached hydrogens (tertiary/aromatic N) is 1. The van der Waals surface area contributed by atoms with Crippen LogP contribution >= 0.6 is 0 Å². The molecular weight excluding hydrogens is 372 g/mol. The molecule has 0 aliphatic heterocycles. The molecule has 2 aromatic carbocycles. The van der Waals surface area contributed by atoms with E-state index in [4.69, 9.17) is 5.73 Å². The lowest BCUT2D eigenvalue weighted by Crippen LogP contribution is -2.54. The Morgan fingerprint density at radius 1 is 0.966 bits per heavy atom. The highest BCUT2D eigenvalue weighted by atomic mass is 16.2. The van der Waals surface area contributed by atoms with Crippen LogP contribution in [0, 0.1) is 0 Å². The molecule has 0 spiro atoms. The molecule has 0 radical (unpaired) electrons. The molecule has 6 N–H and O–H groups in total. The van der Waals surface area contributed by atoms with Crippen molar-refractivity contribution in [1.82, 2.24) is 26.4 Å². The van der Waals surface area contributed by atoms with Crippen LogP contribution in [0.3, 0.4) is 0 Å². The van der Waals surface area contributed by atoms with Gasteiger partial charge in [0, 0.05) is 12.0 Å². The first-order chi connectivity index (χ1) is 14.0. The monoisotopic (exact) mass is 392 g/mol. The van der Waals surface area contributed by atoms with Crippen LogP contribution in [-0.2, 0) is 11.2 Å². The third kappa shape index (κ3) is 5.42. The Labute approximate surface area is 166 Å². The highest BCUT2D eigenvalue weighted by molar-refractivity contribution is 5.95. The summed E-state index contributed by atoms with van der Waals surface area (Å²) in [7, 11) is 0. The van der Waals surface area contributed by atoms with Crippen LogP contribution in [0.25, 0.3) is 11.3 Å². The summed E-state index contributed by atoms with van der Waals surface area (Å²) in [5.41, 5.74) is 12.2. The zero-order valence-corrected chi connectivity index (χ0v) is 15.4. The van der Waals surface area contributed by atoms with Crippen molar-refractivity contribution >= 4 is 17.8 Å². The Balaban J connectivity index is 1.61. The lowest BCUT2D eigenvalue weighted by molar-refractivity contribution is -0.123. The molecule has 0 fully saturated rings. The number of nitrogens with one attached hydrogen (secondary N) is 4. The van der Waals surface area contributed by atoms with Gasteiger partial charge in [-0.05, 0) is 11.6 Å². The Morgan fingerprint density at radius 3 is 2.28 bits per heavy atom. The number of carbonyl (C=O) groups excluding carboxylic acids is 3. The van der Waals surface area contributed by atoms with Crippen LogP contribution < -0.4 is 21.9 Å². The van der Waals surface area contributed by atoms with Crippen molar-refractivity contribution < 1.29 is 14.4 Å². The molecule has 1 heterocycles. The van der Waals surface area contributed by atoms with E-state index in [2.05, 4.69) is 26.4 Å². The van der Waals surface area contributed by atoms with Crippen molar-refractivity contribution in [2.45, 2.75) is 12.5 Å². The van der Waals surface area contributed by atoms with Crippen LogP contribution in [0.4, 0.5) is 4.79 Å². The van der Waals surface area contributed by atoms with Gasteiger partial charge in [0.05, 0.1) is 5.69 Å². The van der Waals surface area contributed by atoms with E-state index in [1.54, 1.807) is 6.07 Å². The first-order valence-electron chi connectivity index (χ1n) is 8.84. The molecule has 3 aromatic rings. The van der Waals surface area contributed by atoms with E-state index in [0.29, 0.717) is 5.69 Å². The summed E-state index contributed by atoms with van der Waals surface area (Å²) >= 11 is 0. The lowest BCUT2D eigenvalue weighted by atomic mass is 10.1. The van der Waals surface area contributed by atoms with Crippen molar-refractivity contribution in [3.63, 3.8) is 0 Å². The van der Waals surface area contributed by atoms with Gasteiger partial charge in [-0.1, -0.05) is 60.7 Å². The standard InChI is InChI=1S/C20H20N6O3/c21-20(29)22-16(11-13-7-3-1-4-8-13)18(27)25-26-19(28)17-12-15(23-24-17)14-9-5-2-6-10-14/h1-10,12,16H,11H2,(H,23,24)(H,25,27)(H,26,28)(H3,21,22,29). The maximum Gasteiger partial charge on any atom is 0.312 e. The van der Waals surface area contributed by atoms with Gasteiger partial charge in [0.25, 0.3) is 11.8 Å². The van der Waals surface area contributed by atoms with Crippen molar-refractivity contribution in [1.29, 1.82) is 0 Å². The highest BCUT2D eigenvalue weighted by Gasteiger charge is 2.21. The topological polar surface area (TPSA) is 142 Å². The van der Waals surface area contributed by atoms with Crippen molar-refractivity contribution in [3.8, 4) is 11.3 Å². The number of primary amides is 1. The van der Waals surface area contributed by atoms with Gasteiger partial charge in [0.2, 0.25) is 0 Å². The Kier molecular flexibility index (Phi) is 6.21. The fourth-order valence-electron chi connectivity index (χ4n) is 2.70. The van der Waals surface area contributed by atoms with Gasteiger partial charge in [-0.2, -0.15) is 5.10 Å². The second-order valence-corrected chi connectivity index (χ2v) is 6.23. The van der Waals surface area contributed by atoms with Crippen LogP contribution in [-0.4, -0.2) is 34.1 Å². The molecule has 1 unspecified atom stereocenters. The molecule has 3 rings (SSSR count). The van der Waals surface area contributed by atoms with Crippen LogP contribution in [0.5, 0.6) is 0 Å². The fourth-order valence-corrected chi connectivity index (χ4v) is 2.70. The van der Waals surface area contributed by atoms with E-state index in [1.165, 1.54) is 0 Å². The molecule has 29 heavy (non-hydrogen) atoms. The van der Waals surface area contributed by atoms with Gasteiger partial charge in [0.1, 0.15) is 11.7 Å². The van der Waals surface area contributed by atoms with E-state index in [9.17, 15) is 14.4 Å². The molecule has 9 nitrogen and oxygen atoms in total. The van der Waals surface area contributed by atoms with E-state index >= 15 is 0 Å². The number of hydrogen-bond acceptors (Lipinski definition) is 4. The number of amides is 4. The molecule has 0 aliphatic carbocycles. The van der Waals surface area contributed by atoms with Crippen LogP contribution in [0.15, 0.2) is 66.7 Å². The highest BCUT2D eigenvalue weighted by Crippen LogP contribution is 2.16. The minimum absolute atomic E-state index is 0.173. The van der Waals surface area contributed by atoms with E-state index < -0.39 is 23.9 Å². The van der Waals surface area contributed by atoms with E-state index in [-0.39, 0.29) is 12.1 Å². The van der Waals surface area contributed by atoms with Crippen LogP contribution in [0.2, 0.25) is 0 Å². The third-order valence-corrected chi connectivity index (χ3v) is 4.11. The largest absolute Gasteiger partial charge is 0.352 e. The molecule has 0 aliphatic rings. The minimum Gasteiger partial charge on any atom is -0.352 e. The Bertz CT molecular complexity index is 988. The zero-order chi connectivity index (χ0) is 20.6. The number of hydrazine groups is 1.